The Balaban J connectivity index is 2.71. The molecular weight excluding hydrogens is 234 g/mol. The molecule has 0 aliphatic heterocycles. The van der Waals surface area contributed by atoms with Crippen molar-refractivity contribution >= 4 is 6.09 Å². The summed E-state index contributed by atoms with van der Waals surface area (Å²) in [6.07, 6.45) is 0.932. The molecule has 1 amide bonds. The van der Waals surface area contributed by atoms with Gasteiger partial charge in [-0.2, -0.15) is 5.10 Å². The number of nitrogens with zero attached hydrogens (tertiary/aromatic N) is 3. The highest BCUT2D eigenvalue weighted by molar-refractivity contribution is 5.68. The zero-order chi connectivity index (χ0) is 13.8. The van der Waals surface area contributed by atoms with E-state index < -0.39 is 17.7 Å². The van der Waals surface area contributed by atoms with Crippen LogP contribution in [0, 0.1) is 0 Å². The summed E-state index contributed by atoms with van der Waals surface area (Å²) < 4.78 is 6.87. The first kappa shape index (κ1) is 14.4. The van der Waals surface area contributed by atoms with E-state index in [0.717, 1.165) is 0 Å². The Morgan fingerprint density at radius 1 is 1.61 bits per heavy atom. The first-order valence-electron chi connectivity index (χ1n) is 5.94. The maximum Gasteiger partial charge on any atom is 0.408 e. The van der Waals surface area contributed by atoms with Gasteiger partial charge in [0.1, 0.15) is 18.0 Å². The minimum absolute atomic E-state index is 0.234. The molecule has 1 unspecified atom stereocenters. The fourth-order valence-electron chi connectivity index (χ4n) is 1.47. The van der Waals surface area contributed by atoms with Crippen molar-refractivity contribution in [3.8, 4) is 0 Å². The summed E-state index contributed by atoms with van der Waals surface area (Å²) in [5, 5.41) is 6.73. The predicted octanol–water partition coefficient (Wildman–Crippen LogP) is 0.822. The van der Waals surface area contributed by atoms with Gasteiger partial charge in [-0.25, -0.2) is 14.5 Å². The van der Waals surface area contributed by atoms with Gasteiger partial charge in [-0.1, -0.05) is 0 Å². The van der Waals surface area contributed by atoms with Crippen LogP contribution in [0.2, 0.25) is 0 Å². The minimum atomic E-state index is -0.540. The van der Waals surface area contributed by atoms with E-state index in [2.05, 4.69) is 15.4 Å². The lowest BCUT2D eigenvalue weighted by Gasteiger charge is -2.22. The highest BCUT2D eigenvalue weighted by Gasteiger charge is 2.22. The first-order chi connectivity index (χ1) is 8.37. The van der Waals surface area contributed by atoms with Crippen molar-refractivity contribution in [2.24, 2.45) is 5.73 Å². The van der Waals surface area contributed by atoms with E-state index in [9.17, 15) is 4.79 Å². The van der Waals surface area contributed by atoms with Crippen LogP contribution in [0.3, 0.4) is 0 Å². The van der Waals surface area contributed by atoms with E-state index in [1.807, 2.05) is 6.92 Å². The second-order valence-electron chi connectivity index (χ2n) is 4.87. The van der Waals surface area contributed by atoms with Crippen molar-refractivity contribution in [3.05, 3.63) is 12.2 Å². The van der Waals surface area contributed by atoms with Gasteiger partial charge < -0.3 is 15.8 Å². The van der Waals surface area contributed by atoms with Crippen molar-refractivity contribution in [1.82, 2.24) is 20.1 Å². The Hall–Kier alpha value is -1.63. The smallest absolute Gasteiger partial charge is 0.408 e. The van der Waals surface area contributed by atoms with E-state index in [1.165, 1.54) is 6.33 Å². The van der Waals surface area contributed by atoms with Crippen LogP contribution in [0.1, 0.15) is 39.6 Å². The Kier molecular flexibility index (Phi) is 4.66. The molecule has 102 valence electrons. The lowest BCUT2D eigenvalue weighted by atomic mass is 10.2. The van der Waals surface area contributed by atoms with Gasteiger partial charge in [0.25, 0.3) is 0 Å². The molecule has 0 fully saturated rings. The number of nitrogens with one attached hydrogen (secondary N) is 1. The maximum atomic E-state index is 11.7. The molecule has 0 bridgehead atoms. The number of aryl methyl sites for hydroxylation is 1. The summed E-state index contributed by atoms with van der Waals surface area (Å²) in [5.74, 6) is 0.630. The number of rotatable bonds is 4. The monoisotopic (exact) mass is 255 g/mol. The molecule has 0 spiro atoms. The lowest BCUT2D eigenvalue weighted by molar-refractivity contribution is 0.0502. The number of carbonyl (C=O) groups is 1. The molecule has 3 N–H and O–H groups in total. The van der Waals surface area contributed by atoms with E-state index >= 15 is 0 Å². The van der Waals surface area contributed by atoms with Crippen LogP contribution >= 0.6 is 0 Å². The average Bonchev–Trinajstić information content (AvgIpc) is 2.71. The third-order valence-electron chi connectivity index (χ3n) is 2.18. The zero-order valence-electron chi connectivity index (χ0n) is 11.3. The van der Waals surface area contributed by atoms with E-state index in [4.69, 9.17) is 10.5 Å². The molecule has 18 heavy (non-hydrogen) atoms. The van der Waals surface area contributed by atoms with Crippen LogP contribution in [0.4, 0.5) is 4.79 Å². The van der Waals surface area contributed by atoms with Crippen molar-refractivity contribution in [3.63, 3.8) is 0 Å². The highest BCUT2D eigenvalue weighted by Crippen LogP contribution is 2.11. The molecule has 0 aromatic carbocycles. The van der Waals surface area contributed by atoms with Crippen LogP contribution in [0.25, 0.3) is 0 Å². The predicted molar refractivity (Wildman–Crippen MR) is 66.9 cm³/mol. The van der Waals surface area contributed by atoms with Gasteiger partial charge in [0.2, 0.25) is 0 Å². The SMILES string of the molecule is CCn1ncnc1C(CN)NC(=O)OC(C)(C)C. The fraction of sp³-hybridized carbons (Fsp3) is 0.727. The number of hydrogen-bond acceptors (Lipinski definition) is 5. The van der Waals surface area contributed by atoms with Crippen molar-refractivity contribution in [1.29, 1.82) is 0 Å². The first-order valence-corrected chi connectivity index (χ1v) is 5.94. The van der Waals surface area contributed by atoms with Gasteiger partial charge in [0, 0.05) is 13.1 Å². The van der Waals surface area contributed by atoms with Crippen molar-refractivity contribution in [2.45, 2.75) is 45.9 Å². The molecule has 1 rings (SSSR count). The summed E-state index contributed by atoms with van der Waals surface area (Å²) in [7, 11) is 0. The third kappa shape index (κ3) is 3.99. The molecule has 0 saturated carbocycles. The molecule has 1 aromatic rings. The average molecular weight is 255 g/mol. The van der Waals surface area contributed by atoms with Gasteiger partial charge >= 0.3 is 6.09 Å². The van der Waals surface area contributed by atoms with Crippen LogP contribution in [0.15, 0.2) is 6.33 Å². The number of hydrogen-bond donors (Lipinski definition) is 2. The molecule has 0 saturated heterocycles. The summed E-state index contributed by atoms with van der Waals surface area (Å²) in [4.78, 5) is 15.8. The van der Waals surface area contributed by atoms with E-state index in [1.54, 1.807) is 25.5 Å². The number of nitrogens with two attached hydrogens (primary N) is 1. The fourth-order valence-corrected chi connectivity index (χ4v) is 1.47. The second kappa shape index (κ2) is 5.81. The number of carbonyl (C=O) groups excluding carboxylic acids is 1. The Morgan fingerprint density at radius 2 is 2.28 bits per heavy atom. The quantitative estimate of drug-likeness (QED) is 0.830. The molecule has 1 aromatic heterocycles. The minimum Gasteiger partial charge on any atom is -0.444 e. The molecule has 0 aliphatic rings. The Morgan fingerprint density at radius 3 is 2.78 bits per heavy atom. The van der Waals surface area contributed by atoms with Crippen molar-refractivity contribution < 1.29 is 9.53 Å². The lowest BCUT2D eigenvalue weighted by Crippen LogP contribution is -2.39. The van der Waals surface area contributed by atoms with Crippen LogP contribution in [0.5, 0.6) is 0 Å². The second-order valence-corrected chi connectivity index (χ2v) is 4.87. The van der Waals surface area contributed by atoms with Gasteiger partial charge in [-0.15, -0.1) is 0 Å². The van der Waals surface area contributed by atoms with Gasteiger partial charge in [-0.05, 0) is 27.7 Å². The molecule has 1 atom stereocenters. The van der Waals surface area contributed by atoms with Crippen LogP contribution < -0.4 is 11.1 Å². The largest absolute Gasteiger partial charge is 0.444 e. The van der Waals surface area contributed by atoms with Gasteiger partial charge in [0.15, 0.2) is 5.82 Å². The van der Waals surface area contributed by atoms with Crippen LogP contribution in [-0.2, 0) is 11.3 Å². The zero-order valence-corrected chi connectivity index (χ0v) is 11.3. The molecule has 7 nitrogen and oxygen atoms in total. The number of aromatic nitrogens is 3. The van der Waals surface area contributed by atoms with E-state index in [0.29, 0.717) is 12.4 Å². The Bertz CT molecular complexity index is 396. The summed E-state index contributed by atoms with van der Waals surface area (Å²) in [6, 6.07) is -0.401. The topological polar surface area (TPSA) is 95.1 Å². The summed E-state index contributed by atoms with van der Waals surface area (Å²) in [5.41, 5.74) is 5.11. The molecule has 0 radical (unpaired) electrons. The molecule has 7 heteroatoms. The normalized spacial score (nSPS) is 13.2. The number of amides is 1. The third-order valence-corrected chi connectivity index (χ3v) is 2.18. The van der Waals surface area contributed by atoms with Gasteiger partial charge in [0.05, 0.1) is 0 Å². The maximum absolute atomic E-state index is 11.7. The summed E-state index contributed by atoms with van der Waals surface area (Å²) in [6.45, 7) is 8.26. The van der Waals surface area contributed by atoms with Gasteiger partial charge in [-0.3, -0.25) is 0 Å². The Labute approximate surface area is 107 Å². The summed E-state index contributed by atoms with van der Waals surface area (Å²) >= 11 is 0. The molecule has 1 heterocycles. The van der Waals surface area contributed by atoms with Crippen molar-refractivity contribution in [2.75, 3.05) is 6.54 Å². The highest BCUT2D eigenvalue weighted by atomic mass is 16.6. The molecule has 0 aliphatic carbocycles. The van der Waals surface area contributed by atoms with E-state index in [-0.39, 0.29) is 6.54 Å². The standard InChI is InChI=1S/C11H21N5O2/c1-5-16-9(13-7-14-16)8(6-12)15-10(17)18-11(2,3)4/h7-8H,5-6,12H2,1-4H3,(H,15,17). The number of alkyl carbamates (subject to hydrolysis) is 1. The van der Waals surface area contributed by atoms with Crippen LogP contribution in [-0.4, -0.2) is 33.0 Å². The molecular formula is C11H21N5O2. The number of ether oxygens (including phenoxy) is 1.